The van der Waals surface area contributed by atoms with Gasteiger partial charge in [0.05, 0.1) is 0 Å². The Labute approximate surface area is 107 Å². The van der Waals surface area contributed by atoms with Crippen LogP contribution in [0, 0.1) is 6.92 Å². The standard InChI is InChI=1S/C16H15NO/c1-12-3-2-4-15(11-12)14-8-5-13(6-9-14)7-10-16(17)18/h2-11H,1H3,(H2,17,18)/b10-7-. The number of rotatable bonds is 3. The summed E-state index contributed by atoms with van der Waals surface area (Å²) in [6.45, 7) is 2.08. The quantitative estimate of drug-likeness (QED) is 0.819. The van der Waals surface area contributed by atoms with Crippen molar-refractivity contribution in [2.45, 2.75) is 6.92 Å². The fraction of sp³-hybridized carbons (Fsp3) is 0.0625. The molecule has 0 unspecified atom stereocenters. The van der Waals surface area contributed by atoms with E-state index in [2.05, 4.69) is 25.1 Å². The molecule has 0 aliphatic heterocycles. The first kappa shape index (κ1) is 12.1. The van der Waals surface area contributed by atoms with Gasteiger partial charge in [0.2, 0.25) is 5.91 Å². The molecular formula is C16H15NO. The van der Waals surface area contributed by atoms with Crippen LogP contribution in [0.1, 0.15) is 11.1 Å². The first-order chi connectivity index (χ1) is 8.65. The van der Waals surface area contributed by atoms with Crippen LogP contribution in [0.2, 0.25) is 0 Å². The van der Waals surface area contributed by atoms with Crippen LogP contribution in [0.15, 0.2) is 54.6 Å². The third-order valence-corrected chi connectivity index (χ3v) is 2.70. The summed E-state index contributed by atoms with van der Waals surface area (Å²) < 4.78 is 0. The number of benzene rings is 2. The van der Waals surface area contributed by atoms with Gasteiger partial charge in [-0.1, -0.05) is 54.1 Å². The Kier molecular flexibility index (Phi) is 3.58. The zero-order valence-electron chi connectivity index (χ0n) is 10.3. The Bertz CT molecular complexity index is 582. The van der Waals surface area contributed by atoms with E-state index in [0.717, 1.165) is 11.1 Å². The maximum atomic E-state index is 10.6. The van der Waals surface area contributed by atoms with Gasteiger partial charge in [0.25, 0.3) is 0 Å². The van der Waals surface area contributed by atoms with E-state index >= 15 is 0 Å². The molecule has 0 saturated carbocycles. The minimum absolute atomic E-state index is 0.433. The lowest BCUT2D eigenvalue weighted by Gasteiger charge is -2.03. The highest BCUT2D eigenvalue weighted by Crippen LogP contribution is 2.21. The fourth-order valence-electron chi connectivity index (χ4n) is 1.79. The molecule has 0 fully saturated rings. The first-order valence-corrected chi connectivity index (χ1v) is 5.80. The summed E-state index contributed by atoms with van der Waals surface area (Å²) in [4.78, 5) is 10.6. The average molecular weight is 237 g/mol. The summed E-state index contributed by atoms with van der Waals surface area (Å²) in [6.07, 6.45) is 3.07. The van der Waals surface area contributed by atoms with Gasteiger partial charge in [-0.05, 0) is 29.7 Å². The Morgan fingerprint density at radius 3 is 2.39 bits per heavy atom. The van der Waals surface area contributed by atoms with Crippen molar-refractivity contribution in [1.82, 2.24) is 0 Å². The van der Waals surface area contributed by atoms with Crippen LogP contribution in [0.4, 0.5) is 0 Å². The molecule has 0 saturated heterocycles. The molecule has 90 valence electrons. The molecule has 0 aliphatic carbocycles. The maximum Gasteiger partial charge on any atom is 0.241 e. The van der Waals surface area contributed by atoms with E-state index in [-0.39, 0.29) is 0 Å². The van der Waals surface area contributed by atoms with Crippen LogP contribution in [0.25, 0.3) is 17.2 Å². The van der Waals surface area contributed by atoms with Gasteiger partial charge in [-0.15, -0.1) is 0 Å². The lowest BCUT2D eigenvalue weighted by molar-refractivity contribution is -0.113. The van der Waals surface area contributed by atoms with E-state index in [0.29, 0.717) is 0 Å². The highest BCUT2D eigenvalue weighted by atomic mass is 16.1. The molecule has 0 bridgehead atoms. The predicted octanol–water partition coefficient (Wildman–Crippen LogP) is 3.16. The van der Waals surface area contributed by atoms with Crippen molar-refractivity contribution >= 4 is 12.0 Å². The second-order valence-electron chi connectivity index (χ2n) is 4.23. The van der Waals surface area contributed by atoms with Gasteiger partial charge in [0, 0.05) is 6.08 Å². The molecular weight excluding hydrogens is 222 g/mol. The number of amides is 1. The Morgan fingerprint density at radius 2 is 1.78 bits per heavy atom. The largest absolute Gasteiger partial charge is 0.366 e. The monoisotopic (exact) mass is 237 g/mol. The molecule has 18 heavy (non-hydrogen) atoms. The van der Waals surface area contributed by atoms with Gasteiger partial charge in [-0.2, -0.15) is 0 Å². The van der Waals surface area contributed by atoms with Crippen molar-refractivity contribution in [2.24, 2.45) is 5.73 Å². The van der Waals surface area contributed by atoms with Crippen molar-refractivity contribution < 1.29 is 4.79 Å². The van der Waals surface area contributed by atoms with Crippen LogP contribution in [0.3, 0.4) is 0 Å². The van der Waals surface area contributed by atoms with Crippen LogP contribution >= 0.6 is 0 Å². The van der Waals surface area contributed by atoms with E-state index in [1.165, 1.54) is 17.2 Å². The van der Waals surface area contributed by atoms with E-state index in [1.807, 2.05) is 30.3 Å². The van der Waals surface area contributed by atoms with Crippen LogP contribution in [-0.4, -0.2) is 5.91 Å². The summed E-state index contributed by atoms with van der Waals surface area (Å²) in [6, 6.07) is 16.4. The third-order valence-electron chi connectivity index (χ3n) is 2.70. The Hall–Kier alpha value is -2.35. The number of hydrogen-bond acceptors (Lipinski definition) is 1. The van der Waals surface area contributed by atoms with Gasteiger partial charge in [-0.3, -0.25) is 4.79 Å². The summed E-state index contributed by atoms with van der Waals surface area (Å²) in [5, 5.41) is 0. The molecule has 0 spiro atoms. The predicted molar refractivity (Wildman–Crippen MR) is 74.8 cm³/mol. The molecule has 2 rings (SSSR count). The number of primary amides is 1. The van der Waals surface area contributed by atoms with Crippen LogP contribution in [-0.2, 0) is 4.79 Å². The topological polar surface area (TPSA) is 43.1 Å². The lowest BCUT2D eigenvalue weighted by atomic mass is 10.0. The number of carbonyl (C=O) groups is 1. The van der Waals surface area contributed by atoms with Gasteiger partial charge in [0.1, 0.15) is 0 Å². The number of hydrogen-bond donors (Lipinski definition) is 1. The maximum absolute atomic E-state index is 10.6. The van der Waals surface area contributed by atoms with Crippen molar-refractivity contribution in [3.63, 3.8) is 0 Å². The van der Waals surface area contributed by atoms with E-state index in [4.69, 9.17) is 5.73 Å². The van der Waals surface area contributed by atoms with Gasteiger partial charge < -0.3 is 5.73 Å². The molecule has 0 radical (unpaired) electrons. The van der Waals surface area contributed by atoms with Crippen molar-refractivity contribution in [3.05, 3.63) is 65.7 Å². The molecule has 1 amide bonds. The smallest absolute Gasteiger partial charge is 0.241 e. The summed E-state index contributed by atoms with van der Waals surface area (Å²) >= 11 is 0. The number of aryl methyl sites for hydroxylation is 1. The fourth-order valence-corrected chi connectivity index (χ4v) is 1.79. The molecule has 2 N–H and O–H groups in total. The normalized spacial score (nSPS) is 10.7. The van der Waals surface area contributed by atoms with Gasteiger partial charge in [0.15, 0.2) is 0 Å². The van der Waals surface area contributed by atoms with E-state index in [9.17, 15) is 4.79 Å². The molecule has 0 atom stereocenters. The third kappa shape index (κ3) is 3.08. The molecule has 2 heteroatoms. The first-order valence-electron chi connectivity index (χ1n) is 5.80. The summed E-state index contributed by atoms with van der Waals surface area (Å²) in [7, 11) is 0. The highest BCUT2D eigenvalue weighted by molar-refractivity contribution is 5.90. The SMILES string of the molecule is Cc1cccc(-c2ccc(/C=C\C(N)=O)cc2)c1. The summed E-state index contributed by atoms with van der Waals surface area (Å²) in [5.41, 5.74) is 9.61. The molecule has 0 heterocycles. The molecule has 2 nitrogen and oxygen atoms in total. The summed E-state index contributed by atoms with van der Waals surface area (Å²) in [5.74, 6) is -0.433. The van der Waals surface area contributed by atoms with Crippen LogP contribution in [0.5, 0.6) is 0 Å². The average Bonchev–Trinajstić information content (AvgIpc) is 2.37. The van der Waals surface area contributed by atoms with Crippen LogP contribution < -0.4 is 5.73 Å². The zero-order chi connectivity index (χ0) is 13.0. The Morgan fingerprint density at radius 1 is 1.06 bits per heavy atom. The van der Waals surface area contributed by atoms with Crippen molar-refractivity contribution in [2.75, 3.05) is 0 Å². The highest BCUT2D eigenvalue weighted by Gasteiger charge is 1.97. The second-order valence-corrected chi connectivity index (χ2v) is 4.23. The molecule has 2 aromatic carbocycles. The molecule has 0 aromatic heterocycles. The van der Waals surface area contributed by atoms with Gasteiger partial charge >= 0.3 is 0 Å². The number of nitrogens with two attached hydrogens (primary N) is 1. The van der Waals surface area contributed by atoms with E-state index in [1.54, 1.807) is 6.08 Å². The second kappa shape index (κ2) is 5.32. The van der Waals surface area contributed by atoms with E-state index < -0.39 is 5.91 Å². The minimum atomic E-state index is -0.433. The lowest BCUT2D eigenvalue weighted by Crippen LogP contribution is -2.04. The molecule has 0 aliphatic rings. The van der Waals surface area contributed by atoms with Crippen molar-refractivity contribution in [1.29, 1.82) is 0 Å². The number of carbonyl (C=O) groups excluding carboxylic acids is 1. The Balaban J connectivity index is 2.25. The minimum Gasteiger partial charge on any atom is -0.366 e. The zero-order valence-corrected chi connectivity index (χ0v) is 10.3. The van der Waals surface area contributed by atoms with Gasteiger partial charge in [-0.25, -0.2) is 0 Å². The molecule has 2 aromatic rings. The van der Waals surface area contributed by atoms with Crippen molar-refractivity contribution in [3.8, 4) is 11.1 Å².